The Bertz CT molecular complexity index is 841. The molecule has 0 atom stereocenters. The number of nitrogens with zero attached hydrogens (tertiary/aromatic N) is 2. The Balaban J connectivity index is 1.50. The Morgan fingerprint density at radius 1 is 0.882 bits per heavy atom. The molecule has 3 rings (SSSR count). The van der Waals surface area contributed by atoms with Crippen LogP contribution in [0.3, 0.4) is 0 Å². The van der Waals surface area contributed by atoms with E-state index in [-0.39, 0.29) is 37.1 Å². The molecule has 1 aromatic carbocycles. The van der Waals surface area contributed by atoms with Crippen LogP contribution in [-0.4, -0.2) is 72.1 Å². The van der Waals surface area contributed by atoms with E-state index in [0.717, 1.165) is 0 Å². The highest BCUT2D eigenvalue weighted by atomic mass is 19.4. The van der Waals surface area contributed by atoms with Crippen LogP contribution in [0.15, 0.2) is 18.2 Å². The van der Waals surface area contributed by atoms with Gasteiger partial charge < -0.3 is 15.3 Å². The first kappa shape index (κ1) is 26.3. The van der Waals surface area contributed by atoms with Crippen LogP contribution >= 0.6 is 0 Å². The van der Waals surface area contributed by atoms with Gasteiger partial charge in [-0.2, -0.15) is 26.3 Å². The summed E-state index contributed by atoms with van der Waals surface area (Å²) in [6, 6.07) is 0.816. The standard InChI is InChI=1S/C22H27F6N3O3/c23-21(24,25)16-9-15(10-17(11-16)22(26,27)28)20(34)29-12-14-1-5-30(6-2-14)13-19(33)31-7-3-18(32)4-8-31/h9-11,14,18,32H,1-8,12-13H2,(H,29,34). The first-order valence-corrected chi connectivity index (χ1v) is 11.1. The second-order valence-electron chi connectivity index (χ2n) is 8.84. The second-order valence-corrected chi connectivity index (χ2v) is 8.84. The molecule has 0 aliphatic carbocycles. The van der Waals surface area contributed by atoms with E-state index in [1.54, 1.807) is 4.90 Å². The minimum absolute atomic E-state index is 0.00618. The number of benzene rings is 1. The van der Waals surface area contributed by atoms with Crippen molar-refractivity contribution < 1.29 is 41.0 Å². The zero-order valence-corrected chi connectivity index (χ0v) is 18.4. The van der Waals surface area contributed by atoms with Crippen molar-refractivity contribution >= 4 is 11.8 Å². The largest absolute Gasteiger partial charge is 0.416 e. The van der Waals surface area contributed by atoms with E-state index in [1.165, 1.54) is 0 Å². The first-order valence-electron chi connectivity index (χ1n) is 11.1. The number of nitrogens with one attached hydrogen (secondary N) is 1. The maximum absolute atomic E-state index is 13.0. The molecule has 0 saturated carbocycles. The Morgan fingerprint density at radius 3 is 1.91 bits per heavy atom. The van der Waals surface area contributed by atoms with E-state index in [0.29, 0.717) is 64.0 Å². The third kappa shape index (κ3) is 7.08. The molecule has 6 nitrogen and oxygen atoms in total. The monoisotopic (exact) mass is 495 g/mol. The number of halogens is 6. The lowest BCUT2D eigenvalue weighted by atomic mass is 9.96. The predicted octanol–water partition coefficient (Wildman–Crippen LogP) is 3.15. The van der Waals surface area contributed by atoms with Gasteiger partial charge in [-0.15, -0.1) is 0 Å². The Morgan fingerprint density at radius 2 is 1.41 bits per heavy atom. The number of alkyl halides is 6. The number of likely N-dealkylation sites (tertiary alicyclic amines) is 2. The van der Waals surface area contributed by atoms with E-state index in [2.05, 4.69) is 5.32 Å². The number of amides is 2. The molecule has 1 aromatic rings. The molecule has 0 bridgehead atoms. The van der Waals surface area contributed by atoms with Crippen LogP contribution in [0.25, 0.3) is 0 Å². The average Bonchev–Trinajstić information content (AvgIpc) is 2.77. The van der Waals surface area contributed by atoms with Crippen molar-refractivity contribution in [2.24, 2.45) is 5.92 Å². The third-order valence-electron chi connectivity index (χ3n) is 6.28. The Labute approximate surface area is 192 Å². The Kier molecular flexibility index (Phi) is 8.12. The van der Waals surface area contributed by atoms with Crippen LogP contribution in [0.5, 0.6) is 0 Å². The molecule has 190 valence electrons. The number of piperidine rings is 2. The SMILES string of the molecule is O=C(NCC1CCN(CC(=O)N2CCC(O)CC2)CC1)c1cc(C(F)(F)F)cc(C(F)(F)F)c1. The van der Waals surface area contributed by atoms with Crippen molar-refractivity contribution in [1.82, 2.24) is 15.1 Å². The molecule has 2 aliphatic heterocycles. The second kappa shape index (κ2) is 10.5. The molecule has 2 fully saturated rings. The molecule has 0 unspecified atom stereocenters. The van der Waals surface area contributed by atoms with E-state index in [9.17, 15) is 41.0 Å². The minimum atomic E-state index is -5.02. The van der Waals surface area contributed by atoms with Crippen LogP contribution < -0.4 is 5.32 Å². The van der Waals surface area contributed by atoms with Crippen molar-refractivity contribution in [2.75, 3.05) is 39.3 Å². The van der Waals surface area contributed by atoms with Crippen molar-refractivity contribution in [2.45, 2.75) is 44.1 Å². The fraction of sp³-hybridized carbons (Fsp3) is 0.636. The smallest absolute Gasteiger partial charge is 0.393 e. The first-order chi connectivity index (χ1) is 15.8. The number of hydrogen-bond donors (Lipinski definition) is 2. The van der Waals surface area contributed by atoms with Gasteiger partial charge in [0, 0.05) is 25.2 Å². The quantitative estimate of drug-likeness (QED) is 0.616. The number of aliphatic hydroxyl groups is 1. The van der Waals surface area contributed by atoms with Gasteiger partial charge in [0.05, 0.1) is 23.8 Å². The van der Waals surface area contributed by atoms with Gasteiger partial charge in [-0.1, -0.05) is 0 Å². The number of hydrogen-bond acceptors (Lipinski definition) is 4. The molecule has 2 saturated heterocycles. The predicted molar refractivity (Wildman–Crippen MR) is 110 cm³/mol. The van der Waals surface area contributed by atoms with Gasteiger partial charge >= 0.3 is 12.4 Å². The maximum atomic E-state index is 13.0. The molecule has 0 aromatic heterocycles. The summed E-state index contributed by atoms with van der Waals surface area (Å²) < 4.78 is 78.0. The van der Waals surface area contributed by atoms with Gasteiger partial charge in [-0.3, -0.25) is 14.5 Å². The van der Waals surface area contributed by atoms with Crippen LogP contribution in [0.1, 0.15) is 47.2 Å². The molecular weight excluding hydrogens is 468 g/mol. The van der Waals surface area contributed by atoms with Crippen molar-refractivity contribution in [3.63, 3.8) is 0 Å². The third-order valence-corrected chi connectivity index (χ3v) is 6.28. The number of carbonyl (C=O) groups is 2. The molecule has 2 heterocycles. The lowest BCUT2D eigenvalue weighted by Crippen LogP contribution is -2.47. The number of rotatable bonds is 5. The zero-order valence-electron chi connectivity index (χ0n) is 18.4. The summed E-state index contributed by atoms with van der Waals surface area (Å²) in [5, 5.41) is 12.0. The van der Waals surface area contributed by atoms with Crippen molar-refractivity contribution in [1.29, 1.82) is 0 Å². The topological polar surface area (TPSA) is 72.9 Å². The van der Waals surface area contributed by atoms with E-state index < -0.39 is 35.0 Å². The molecule has 34 heavy (non-hydrogen) atoms. The van der Waals surface area contributed by atoms with Gasteiger partial charge in [-0.05, 0) is 62.9 Å². The summed E-state index contributed by atoms with van der Waals surface area (Å²) >= 11 is 0. The van der Waals surface area contributed by atoms with E-state index in [1.807, 2.05) is 4.90 Å². The molecule has 12 heteroatoms. The molecule has 2 amide bonds. The number of aliphatic hydroxyl groups excluding tert-OH is 1. The summed E-state index contributed by atoms with van der Waals surface area (Å²) in [6.45, 7) is 2.58. The van der Waals surface area contributed by atoms with Crippen LogP contribution in [0, 0.1) is 5.92 Å². The van der Waals surface area contributed by atoms with Gasteiger partial charge in [0.1, 0.15) is 0 Å². The molecular formula is C22H27F6N3O3. The minimum Gasteiger partial charge on any atom is -0.393 e. The maximum Gasteiger partial charge on any atom is 0.416 e. The summed E-state index contributed by atoms with van der Waals surface area (Å²) in [5.74, 6) is -1.02. The van der Waals surface area contributed by atoms with Gasteiger partial charge in [-0.25, -0.2) is 0 Å². The van der Waals surface area contributed by atoms with Gasteiger partial charge in [0.2, 0.25) is 5.91 Å². The summed E-state index contributed by atoms with van der Waals surface area (Å²) in [4.78, 5) is 28.4. The van der Waals surface area contributed by atoms with Crippen LogP contribution in [-0.2, 0) is 17.1 Å². The Hall–Kier alpha value is -2.34. The summed E-state index contributed by atoms with van der Waals surface area (Å²) in [7, 11) is 0. The normalized spacial score (nSPS) is 19.3. The van der Waals surface area contributed by atoms with E-state index >= 15 is 0 Å². The summed E-state index contributed by atoms with van der Waals surface area (Å²) in [5.41, 5.74) is -3.76. The average molecular weight is 495 g/mol. The fourth-order valence-electron chi connectivity index (χ4n) is 4.18. The zero-order chi connectivity index (χ0) is 25.1. The van der Waals surface area contributed by atoms with Gasteiger partial charge in [0.15, 0.2) is 0 Å². The highest BCUT2D eigenvalue weighted by molar-refractivity contribution is 5.94. The summed E-state index contributed by atoms with van der Waals surface area (Å²) in [6.07, 6.45) is -8.03. The van der Waals surface area contributed by atoms with Crippen molar-refractivity contribution in [3.8, 4) is 0 Å². The molecule has 2 N–H and O–H groups in total. The molecule has 0 spiro atoms. The fourth-order valence-corrected chi connectivity index (χ4v) is 4.18. The highest BCUT2D eigenvalue weighted by Gasteiger charge is 2.37. The number of carbonyl (C=O) groups excluding carboxylic acids is 2. The molecule has 2 aliphatic rings. The molecule has 0 radical (unpaired) electrons. The van der Waals surface area contributed by atoms with Crippen LogP contribution in [0.4, 0.5) is 26.3 Å². The lowest BCUT2D eigenvalue weighted by molar-refractivity contribution is -0.143. The lowest BCUT2D eigenvalue weighted by Gasteiger charge is -2.35. The highest BCUT2D eigenvalue weighted by Crippen LogP contribution is 2.36. The van der Waals surface area contributed by atoms with Crippen LogP contribution in [0.2, 0.25) is 0 Å². The van der Waals surface area contributed by atoms with Gasteiger partial charge in [0.25, 0.3) is 5.91 Å². The van der Waals surface area contributed by atoms with E-state index in [4.69, 9.17) is 0 Å². The van der Waals surface area contributed by atoms with Crippen molar-refractivity contribution in [3.05, 3.63) is 34.9 Å².